The lowest BCUT2D eigenvalue weighted by Gasteiger charge is -2.56. The van der Waals surface area contributed by atoms with Gasteiger partial charge >= 0.3 is 0 Å². The van der Waals surface area contributed by atoms with E-state index >= 15 is 0 Å². The lowest BCUT2D eigenvalue weighted by atomic mass is 9.50. The second-order valence-corrected chi connectivity index (χ2v) is 5.58. The fraction of sp³-hybridized carbons (Fsp3) is 0.562. The molecule has 1 aliphatic carbocycles. The third-order valence-corrected chi connectivity index (χ3v) is 4.75. The molecule has 0 radical (unpaired) electrons. The fourth-order valence-electron chi connectivity index (χ4n) is 3.29. The second-order valence-electron chi connectivity index (χ2n) is 5.58. The van der Waals surface area contributed by atoms with Crippen molar-refractivity contribution in [2.24, 2.45) is 5.41 Å². The van der Waals surface area contributed by atoms with Crippen LogP contribution in [0.5, 0.6) is 5.75 Å². The molecule has 1 heterocycles. The van der Waals surface area contributed by atoms with Gasteiger partial charge in [0.05, 0.1) is 36.7 Å². The van der Waals surface area contributed by atoms with Crippen molar-refractivity contribution in [2.45, 2.75) is 31.6 Å². The van der Waals surface area contributed by atoms with Gasteiger partial charge in [-0.3, -0.25) is 0 Å². The predicted octanol–water partition coefficient (Wildman–Crippen LogP) is 3.05. The Labute approximate surface area is 114 Å². The van der Waals surface area contributed by atoms with E-state index in [1.165, 1.54) is 5.56 Å². The normalized spacial score (nSPS) is 22.7. The van der Waals surface area contributed by atoms with Crippen molar-refractivity contribution in [2.75, 3.05) is 19.8 Å². The quantitative estimate of drug-likeness (QED) is 0.832. The van der Waals surface area contributed by atoms with E-state index in [0.717, 1.165) is 25.0 Å². The number of ether oxygens (including phenoxy) is 2. The number of nitrogens with zero attached hydrogens (tertiary/aromatic N) is 1. The van der Waals surface area contributed by atoms with Crippen LogP contribution in [0.4, 0.5) is 0 Å². The molecule has 3 nitrogen and oxygen atoms in total. The summed E-state index contributed by atoms with van der Waals surface area (Å²) in [5.41, 5.74) is 0.923. The Bertz CT molecular complexity index is 492. The van der Waals surface area contributed by atoms with Gasteiger partial charge in [-0.05, 0) is 37.5 Å². The highest BCUT2D eigenvalue weighted by atomic mass is 16.5. The highest BCUT2D eigenvalue weighted by Gasteiger charge is 2.60. The zero-order valence-electron chi connectivity index (χ0n) is 11.3. The topological polar surface area (TPSA) is 42.2 Å². The smallest absolute Gasteiger partial charge is 0.119 e. The Morgan fingerprint density at radius 1 is 1.26 bits per heavy atom. The number of nitriles is 1. The van der Waals surface area contributed by atoms with Gasteiger partial charge in [0.2, 0.25) is 0 Å². The molecule has 100 valence electrons. The average Bonchev–Trinajstić information content (AvgIpc) is 2.33. The molecule has 3 rings (SSSR count). The van der Waals surface area contributed by atoms with Crippen molar-refractivity contribution in [1.82, 2.24) is 0 Å². The molecular formula is C16H19NO2. The average molecular weight is 257 g/mol. The first kappa shape index (κ1) is 12.5. The van der Waals surface area contributed by atoms with Gasteiger partial charge in [0.1, 0.15) is 5.75 Å². The molecule has 0 atom stereocenters. The molecule has 2 fully saturated rings. The van der Waals surface area contributed by atoms with Gasteiger partial charge in [0.25, 0.3) is 0 Å². The SMILES string of the molecule is CCOc1ccc(C2(C3(C#N)CCC3)COC2)cc1. The van der Waals surface area contributed by atoms with Crippen molar-refractivity contribution >= 4 is 0 Å². The molecule has 3 heteroatoms. The Kier molecular flexibility index (Phi) is 2.99. The summed E-state index contributed by atoms with van der Waals surface area (Å²) in [6.45, 7) is 4.01. The number of hydrogen-bond acceptors (Lipinski definition) is 3. The third kappa shape index (κ3) is 1.67. The number of rotatable bonds is 4. The maximum absolute atomic E-state index is 9.61. The lowest BCUT2D eigenvalue weighted by molar-refractivity contribution is -0.134. The first-order chi connectivity index (χ1) is 9.26. The first-order valence-electron chi connectivity index (χ1n) is 6.99. The van der Waals surface area contributed by atoms with Crippen molar-refractivity contribution in [3.63, 3.8) is 0 Å². The molecule has 1 saturated heterocycles. The van der Waals surface area contributed by atoms with Gasteiger partial charge in [-0.2, -0.15) is 5.26 Å². The zero-order valence-corrected chi connectivity index (χ0v) is 11.3. The zero-order chi connectivity index (χ0) is 13.3. The summed E-state index contributed by atoms with van der Waals surface area (Å²) in [6.07, 6.45) is 3.16. The molecule has 19 heavy (non-hydrogen) atoms. The summed E-state index contributed by atoms with van der Waals surface area (Å²) in [7, 11) is 0. The first-order valence-corrected chi connectivity index (χ1v) is 6.99. The van der Waals surface area contributed by atoms with Crippen LogP contribution in [-0.4, -0.2) is 19.8 Å². The molecule has 0 aromatic heterocycles. The molecular weight excluding hydrogens is 238 g/mol. The van der Waals surface area contributed by atoms with Gasteiger partial charge < -0.3 is 9.47 Å². The Hall–Kier alpha value is -1.53. The van der Waals surface area contributed by atoms with Gasteiger partial charge in [-0.1, -0.05) is 18.6 Å². The van der Waals surface area contributed by atoms with E-state index in [4.69, 9.17) is 9.47 Å². The summed E-state index contributed by atoms with van der Waals surface area (Å²) in [6, 6.07) is 10.8. The van der Waals surface area contributed by atoms with Gasteiger partial charge in [0.15, 0.2) is 0 Å². The molecule has 1 aromatic carbocycles. The molecule has 1 aromatic rings. The van der Waals surface area contributed by atoms with E-state index in [1.54, 1.807) is 0 Å². The van der Waals surface area contributed by atoms with Crippen LogP contribution in [-0.2, 0) is 10.2 Å². The molecule has 0 amide bonds. The summed E-state index contributed by atoms with van der Waals surface area (Å²) in [5.74, 6) is 0.890. The Morgan fingerprint density at radius 2 is 1.95 bits per heavy atom. The molecule has 0 bridgehead atoms. The maximum Gasteiger partial charge on any atom is 0.119 e. The van der Waals surface area contributed by atoms with E-state index in [2.05, 4.69) is 18.2 Å². The van der Waals surface area contributed by atoms with E-state index in [9.17, 15) is 5.26 Å². The molecule has 0 N–H and O–H groups in total. The lowest BCUT2D eigenvalue weighted by Crippen LogP contribution is -2.61. The van der Waals surface area contributed by atoms with E-state index in [-0.39, 0.29) is 10.8 Å². The highest BCUT2D eigenvalue weighted by Crippen LogP contribution is 2.58. The van der Waals surface area contributed by atoms with Crippen LogP contribution < -0.4 is 4.74 Å². The molecule has 0 unspecified atom stereocenters. The molecule has 0 spiro atoms. The fourth-order valence-corrected chi connectivity index (χ4v) is 3.29. The van der Waals surface area contributed by atoms with Crippen molar-refractivity contribution < 1.29 is 9.47 Å². The van der Waals surface area contributed by atoms with E-state index in [1.807, 2.05) is 19.1 Å². The maximum atomic E-state index is 9.61. The van der Waals surface area contributed by atoms with Crippen LogP contribution in [0.15, 0.2) is 24.3 Å². The van der Waals surface area contributed by atoms with Crippen LogP contribution in [0, 0.1) is 16.7 Å². The van der Waals surface area contributed by atoms with Crippen molar-refractivity contribution in [3.05, 3.63) is 29.8 Å². The Balaban J connectivity index is 1.92. The van der Waals surface area contributed by atoms with Crippen molar-refractivity contribution in [3.8, 4) is 11.8 Å². The summed E-state index contributed by atoms with van der Waals surface area (Å²) >= 11 is 0. The van der Waals surface area contributed by atoms with E-state index < -0.39 is 0 Å². The number of benzene rings is 1. The van der Waals surface area contributed by atoms with Gasteiger partial charge in [0, 0.05) is 0 Å². The Morgan fingerprint density at radius 3 is 2.32 bits per heavy atom. The molecule has 1 saturated carbocycles. The number of hydrogen-bond donors (Lipinski definition) is 0. The van der Waals surface area contributed by atoms with Crippen LogP contribution in [0.3, 0.4) is 0 Å². The molecule has 1 aliphatic heterocycles. The van der Waals surface area contributed by atoms with Crippen LogP contribution in [0.25, 0.3) is 0 Å². The predicted molar refractivity (Wildman–Crippen MR) is 72.0 cm³/mol. The minimum atomic E-state index is -0.210. The van der Waals surface area contributed by atoms with E-state index in [0.29, 0.717) is 19.8 Å². The standard InChI is InChI=1S/C16H19NO2/c1-2-19-14-6-4-13(5-7-14)16(11-18-12-16)15(10-17)8-3-9-15/h4-7H,2-3,8-9,11-12H2,1H3. The van der Waals surface area contributed by atoms with Crippen molar-refractivity contribution in [1.29, 1.82) is 5.26 Å². The third-order valence-electron chi connectivity index (χ3n) is 4.75. The van der Waals surface area contributed by atoms with Crippen LogP contribution in [0.1, 0.15) is 31.7 Å². The largest absolute Gasteiger partial charge is 0.494 e. The van der Waals surface area contributed by atoms with Gasteiger partial charge in [-0.15, -0.1) is 0 Å². The minimum Gasteiger partial charge on any atom is -0.494 e. The second kappa shape index (κ2) is 4.54. The minimum absolute atomic E-state index is 0.0925. The highest BCUT2D eigenvalue weighted by molar-refractivity contribution is 5.39. The van der Waals surface area contributed by atoms with Gasteiger partial charge in [-0.25, -0.2) is 0 Å². The van der Waals surface area contributed by atoms with Crippen LogP contribution in [0.2, 0.25) is 0 Å². The summed E-state index contributed by atoms with van der Waals surface area (Å²) in [4.78, 5) is 0. The monoisotopic (exact) mass is 257 g/mol. The van der Waals surface area contributed by atoms with Crippen LogP contribution >= 0.6 is 0 Å². The molecule has 2 aliphatic rings. The summed E-state index contributed by atoms with van der Waals surface area (Å²) in [5, 5.41) is 9.61. The summed E-state index contributed by atoms with van der Waals surface area (Å²) < 4.78 is 11.0.